The van der Waals surface area contributed by atoms with Crippen molar-refractivity contribution in [3.05, 3.63) is 95.5 Å². The van der Waals surface area contributed by atoms with E-state index in [9.17, 15) is 0 Å². The second-order valence-electron chi connectivity index (χ2n) is 9.14. The molecule has 0 aliphatic heterocycles. The number of furan rings is 1. The molecular formula is C30H27N2O+. The Morgan fingerprint density at radius 3 is 2.42 bits per heavy atom. The van der Waals surface area contributed by atoms with E-state index in [0.29, 0.717) is 17.2 Å². The van der Waals surface area contributed by atoms with Crippen LogP contribution in [0.1, 0.15) is 25.0 Å². The van der Waals surface area contributed by atoms with Crippen molar-refractivity contribution in [1.82, 2.24) is 0 Å². The normalized spacial score (nSPS) is 11.4. The molecule has 3 nitrogen and oxygen atoms in total. The molecule has 0 aliphatic carbocycles. The summed E-state index contributed by atoms with van der Waals surface area (Å²) in [6.07, 6.45) is 2.91. The number of rotatable bonds is 4. The van der Waals surface area contributed by atoms with Gasteiger partial charge in [0.15, 0.2) is 6.20 Å². The summed E-state index contributed by atoms with van der Waals surface area (Å²) in [5.41, 5.74) is 8.82. The fourth-order valence-electron chi connectivity index (χ4n) is 4.84. The zero-order valence-corrected chi connectivity index (χ0v) is 19.5. The second-order valence-corrected chi connectivity index (χ2v) is 9.14. The van der Waals surface area contributed by atoms with Crippen LogP contribution in [0.25, 0.3) is 49.2 Å². The zero-order chi connectivity index (χ0) is 23.1. The van der Waals surface area contributed by atoms with Crippen LogP contribution in [-0.2, 0) is 13.5 Å². The van der Waals surface area contributed by atoms with E-state index >= 15 is 0 Å². The highest BCUT2D eigenvalue weighted by atomic mass is 16.3. The Labute approximate surface area is 194 Å². The molecular weight excluding hydrogens is 404 g/mol. The van der Waals surface area contributed by atoms with Gasteiger partial charge in [-0.05, 0) is 53.6 Å². The van der Waals surface area contributed by atoms with Crippen molar-refractivity contribution in [2.24, 2.45) is 13.0 Å². The third-order valence-electron chi connectivity index (χ3n) is 6.30. The minimum atomic E-state index is 0.466. The first-order valence-electron chi connectivity index (χ1n) is 11.4. The van der Waals surface area contributed by atoms with Crippen LogP contribution >= 0.6 is 0 Å². The van der Waals surface area contributed by atoms with Gasteiger partial charge in [0, 0.05) is 22.9 Å². The highest BCUT2D eigenvalue weighted by molar-refractivity contribution is 6.18. The molecule has 0 aliphatic rings. The largest absolute Gasteiger partial charge is 0.466 e. The Morgan fingerprint density at radius 2 is 1.73 bits per heavy atom. The van der Waals surface area contributed by atoms with Gasteiger partial charge in [0.05, 0.1) is 12.1 Å². The van der Waals surface area contributed by atoms with Gasteiger partial charge >= 0.3 is 0 Å². The Balaban J connectivity index is 1.96. The maximum absolute atomic E-state index is 7.96. The van der Waals surface area contributed by atoms with Crippen LogP contribution in [0, 0.1) is 19.4 Å². The van der Waals surface area contributed by atoms with Gasteiger partial charge < -0.3 is 4.42 Å². The van der Waals surface area contributed by atoms with Crippen LogP contribution in [0.2, 0.25) is 0 Å². The Kier molecular flexibility index (Phi) is 5.23. The number of benzene rings is 3. The lowest BCUT2D eigenvalue weighted by Crippen LogP contribution is -2.30. The summed E-state index contributed by atoms with van der Waals surface area (Å²) in [4.78, 5) is 3.94. The van der Waals surface area contributed by atoms with Crippen LogP contribution < -0.4 is 4.57 Å². The quantitative estimate of drug-likeness (QED) is 0.210. The number of hydrogen-bond donors (Lipinski definition) is 0. The van der Waals surface area contributed by atoms with E-state index in [1.54, 1.807) is 0 Å². The number of aryl methyl sites for hydroxylation is 2. The zero-order valence-electron chi connectivity index (χ0n) is 19.5. The van der Waals surface area contributed by atoms with Crippen LogP contribution in [0.4, 0.5) is 5.69 Å². The molecule has 5 rings (SSSR count). The molecule has 0 spiro atoms. The first kappa shape index (κ1) is 21.0. The average Bonchev–Trinajstić information content (AvgIpc) is 3.19. The van der Waals surface area contributed by atoms with E-state index in [4.69, 9.17) is 11.0 Å². The van der Waals surface area contributed by atoms with Crippen molar-refractivity contribution in [3.63, 3.8) is 0 Å². The van der Waals surface area contributed by atoms with Gasteiger partial charge in [-0.15, -0.1) is 0 Å². The monoisotopic (exact) mass is 431 g/mol. The number of nitrogens with zero attached hydrogens (tertiary/aromatic N) is 2. The van der Waals surface area contributed by atoms with Gasteiger partial charge in [-0.1, -0.05) is 56.3 Å². The first-order valence-corrected chi connectivity index (χ1v) is 11.4. The number of pyridine rings is 1. The summed E-state index contributed by atoms with van der Waals surface area (Å²) in [6.45, 7) is 14.5. The minimum Gasteiger partial charge on any atom is -0.466 e. The molecule has 33 heavy (non-hydrogen) atoms. The topological polar surface area (TPSA) is 21.4 Å². The van der Waals surface area contributed by atoms with Gasteiger partial charge in [-0.25, -0.2) is 9.41 Å². The molecule has 3 heteroatoms. The number of aromatic nitrogens is 1. The van der Waals surface area contributed by atoms with E-state index in [-0.39, 0.29) is 0 Å². The lowest BCUT2D eigenvalue weighted by Gasteiger charge is -2.11. The minimum absolute atomic E-state index is 0.466. The summed E-state index contributed by atoms with van der Waals surface area (Å²) in [6, 6.07) is 23.2. The lowest BCUT2D eigenvalue weighted by molar-refractivity contribution is -0.660. The molecule has 0 radical (unpaired) electrons. The van der Waals surface area contributed by atoms with Crippen LogP contribution in [0.5, 0.6) is 0 Å². The number of fused-ring (bicyclic) bond motifs is 3. The predicted molar refractivity (Wildman–Crippen MR) is 135 cm³/mol. The summed E-state index contributed by atoms with van der Waals surface area (Å²) in [7, 11) is 2.06. The Hall–Kier alpha value is -3.90. The summed E-state index contributed by atoms with van der Waals surface area (Å²) < 4.78 is 8.78. The molecule has 2 heterocycles. The molecule has 2 aromatic heterocycles. The summed E-state index contributed by atoms with van der Waals surface area (Å²) >= 11 is 0. The average molecular weight is 432 g/mol. The molecule has 162 valence electrons. The standard InChI is InChI=1S/C30H27N2O/c1-19(2)17-22-14-15-23-27-24(21-11-7-6-8-12-21)18-20(3)26(25-13-9-10-16-32(25)5)30(27)33-29(23)28(22)31-4/h6-16,18-19H,17H2,1-3,5H3/q+1. The maximum Gasteiger partial charge on any atom is 0.232 e. The summed E-state index contributed by atoms with van der Waals surface area (Å²) in [5, 5.41) is 2.07. The van der Waals surface area contributed by atoms with Crippen molar-refractivity contribution in [3.8, 4) is 22.4 Å². The molecule has 0 fully saturated rings. The Morgan fingerprint density at radius 1 is 0.970 bits per heavy atom. The fraction of sp³-hybridized carbons (Fsp3) is 0.200. The molecule has 0 unspecified atom stereocenters. The van der Waals surface area contributed by atoms with Gasteiger partial charge in [0.2, 0.25) is 11.4 Å². The Bertz CT molecular complexity index is 1540. The van der Waals surface area contributed by atoms with Crippen molar-refractivity contribution >= 4 is 27.6 Å². The fourth-order valence-corrected chi connectivity index (χ4v) is 4.84. The van der Waals surface area contributed by atoms with E-state index < -0.39 is 0 Å². The molecule has 0 saturated heterocycles. The van der Waals surface area contributed by atoms with Gasteiger partial charge in [-0.3, -0.25) is 0 Å². The third-order valence-corrected chi connectivity index (χ3v) is 6.30. The molecule has 0 amide bonds. The maximum atomic E-state index is 7.96. The highest BCUT2D eigenvalue weighted by Crippen LogP contribution is 2.46. The molecule has 3 aromatic carbocycles. The predicted octanol–water partition coefficient (Wildman–Crippen LogP) is 7.80. The van der Waals surface area contributed by atoms with Crippen LogP contribution in [0.15, 0.2) is 77.3 Å². The van der Waals surface area contributed by atoms with Crippen molar-refractivity contribution in [2.75, 3.05) is 0 Å². The molecule has 0 bridgehead atoms. The van der Waals surface area contributed by atoms with Gasteiger partial charge in [0.25, 0.3) is 0 Å². The summed E-state index contributed by atoms with van der Waals surface area (Å²) in [5.74, 6) is 0.466. The van der Waals surface area contributed by atoms with Crippen LogP contribution in [0.3, 0.4) is 0 Å². The molecule has 5 aromatic rings. The molecule has 0 saturated carbocycles. The van der Waals surface area contributed by atoms with E-state index in [1.807, 2.05) is 12.1 Å². The second kappa shape index (κ2) is 8.22. The van der Waals surface area contributed by atoms with E-state index in [2.05, 4.69) is 98.0 Å². The van der Waals surface area contributed by atoms with Gasteiger partial charge in [-0.2, -0.15) is 0 Å². The third kappa shape index (κ3) is 3.49. The van der Waals surface area contributed by atoms with Gasteiger partial charge in [0.1, 0.15) is 18.2 Å². The smallest absolute Gasteiger partial charge is 0.232 e. The van der Waals surface area contributed by atoms with E-state index in [0.717, 1.165) is 56.3 Å². The van der Waals surface area contributed by atoms with E-state index in [1.165, 1.54) is 0 Å². The van der Waals surface area contributed by atoms with Crippen LogP contribution in [-0.4, -0.2) is 0 Å². The SMILES string of the molecule is [C-]#[N+]c1c(CC(C)C)ccc2c1oc1c(-c3cccc[n+]3C)c(C)cc(-c3ccccc3)c12. The van der Waals surface area contributed by atoms with Crippen molar-refractivity contribution < 1.29 is 8.98 Å². The highest BCUT2D eigenvalue weighted by Gasteiger charge is 2.25. The molecule has 0 atom stereocenters. The van der Waals surface area contributed by atoms with Crippen molar-refractivity contribution in [2.45, 2.75) is 27.2 Å². The van der Waals surface area contributed by atoms with Crippen molar-refractivity contribution in [1.29, 1.82) is 0 Å². The first-order chi connectivity index (χ1) is 16.0. The number of hydrogen-bond acceptors (Lipinski definition) is 1. The lowest BCUT2D eigenvalue weighted by atomic mass is 9.92. The molecule has 0 N–H and O–H groups in total.